The molecule has 1 aromatic carbocycles. The molecule has 0 atom stereocenters. The van der Waals surface area contributed by atoms with Gasteiger partial charge in [-0.2, -0.15) is 0 Å². The van der Waals surface area contributed by atoms with E-state index in [0.29, 0.717) is 6.54 Å². The van der Waals surface area contributed by atoms with Crippen LogP contribution in [0.15, 0.2) is 24.3 Å². The first-order chi connectivity index (χ1) is 9.69. The van der Waals surface area contributed by atoms with Crippen molar-refractivity contribution < 1.29 is 4.79 Å². The molecule has 1 amide bonds. The van der Waals surface area contributed by atoms with E-state index in [0.717, 1.165) is 35.9 Å². The summed E-state index contributed by atoms with van der Waals surface area (Å²) < 4.78 is 0. The Hall–Kier alpha value is -1.35. The van der Waals surface area contributed by atoms with Crippen LogP contribution in [0.4, 0.5) is 0 Å². The second kappa shape index (κ2) is 7.44. The molecule has 3 nitrogen and oxygen atoms in total. The van der Waals surface area contributed by atoms with E-state index >= 15 is 0 Å². The minimum absolute atomic E-state index is 0.0257. The van der Waals surface area contributed by atoms with Crippen molar-refractivity contribution in [1.82, 2.24) is 5.32 Å². The van der Waals surface area contributed by atoms with Crippen molar-refractivity contribution in [2.75, 3.05) is 6.54 Å². The number of carbonyl (C=O) groups excluding carboxylic acids is 1. The van der Waals surface area contributed by atoms with Crippen LogP contribution < -0.4 is 11.1 Å². The fraction of sp³-hybridized carbons (Fsp3) is 0.588. The van der Waals surface area contributed by atoms with Crippen LogP contribution in [0.2, 0.25) is 0 Å². The van der Waals surface area contributed by atoms with E-state index in [-0.39, 0.29) is 5.91 Å². The highest BCUT2D eigenvalue weighted by molar-refractivity contribution is 5.94. The minimum Gasteiger partial charge on any atom is -0.352 e. The zero-order valence-electron chi connectivity index (χ0n) is 12.4. The van der Waals surface area contributed by atoms with Crippen LogP contribution in [0.25, 0.3) is 0 Å². The Kier molecular flexibility index (Phi) is 5.60. The molecule has 1 aliphatic rings. The van der Waals surface area contributed by atoms with Gasteiger partial charge in [-0.25, -0.2) is 0 Å². The molecule has 0 bridgehead atoms. The lowest BCUT2D eigenvalue weighted by Crippen LogP contribution is -2.26. The molecular formula is C17H26N2O. The van der Waals surface area contributed by atoms with Gasteiger partial charge in [-0.15, -0.1) is 0 Å². The zero-order chi connectivity index (χ0) is 14.4. The molecule has 0 radical (unpaired) electrons. The van der Waals surface area contributed by atoms with Gasteiger partial charge in [0, 0.05) is 18.7 Å². The summed E-state index contributed by atoms with van der Waals surface area (Å²) in [4.78, 5) is 12.0. The topological polar surface area (TPSA) is 55.1 Å². The van der Waals surface area contributed by atoms with Crippen molar-refractivity contribution in [2.24, 2.45) is 17.6 Å². The molecule has 2 rings (SSSR count). The highest BCUT2D eigenvalue weighted by Gasteiger charge is 2.18. The summed E-state index contributed by atoms with van der Waals surface area (Å²) in [5.41, 5.74) is 7.32. The van der Waals surface area contributed by atoms with Gasteiger partial charge in [-0.3, -0.25) is 4.79 Å². The van der Waals surface area contributed by atoms with Gasteiger partial charge >= 0.3 is 0 Å². The summed E-state index contributed by atoms with van der Waals surface area (Å²) in [6, 6.07) is 7.52. The Morgan fingerprint density at radius 3 is 2.45 bits per heavy atom. The third kappa shape index (κ3) is 4.34. The minimum atomic E-state index is 0.0257. The van der Waals surface area contributed by atoms with Crippen LogP contribution in [0.5, 0.6) is 0 Å². The fourth-order valence-corrected chi connectivity index (χ4v) is 2.90. The van der Waals surface area contributed by atoms with E-state index in [9.17, 15) is 4.79 Å². The van der Waals surface area contributed by atoms with Crippen molar-refractivity contribution >= 4 is 5.91 Å². The fourth-order valence-electron chi connectivity index (χ4n) is 2.90. The first kappa shape index (κ1) is 15.0. The molecule has 0 aliphatic heterocycles. The normalized spacial score (nSPS) is 22.5. The number of rotatable bonds is 5. The molecule has 0 heterocycles. The predicted octanol–water partition coefficient (Wildman–Crippen LogP) is 3.09. The lowest BCUT2D eigenvalue weighted by Gasteiger charge is -2.26. The third-order valence-corrected chi connectivity index (χ3v) is 4.43. The maximum Gasteiger partial charge on any atom is 0.251 e. The second-order valence-electron chi connectivity index (χ2n) is 6.07. The smallest absolute Gasteiger partial charge is 0.251 e. The van der Waals surface area contributed by atoms with Crippen LogP contribution in [0, 0.1) is 11.8 Å². The number of hydrogen-bond acceptors (Lipinski definition) is 2. The zero-order valence-corrected chi connectivity index (χ0v) is 12.4. The summed E-state index contributed by atoms with van der Waals surface area (Å²) in [5, 5.41) is 3.02. The second-order valence-corrected chi connectivity index (χ2v) is 6.07. The number of nitrogens with one attached hydrogen (secondary N) is 1. The molecule has 0 saturated heterocycles. The maximum atomic E-state index is 12.0. The number of amides is 1. The third-order valence-electron chi connectivity index (χ3n) is 4.43. The number of nitrogens with two attached hydrogens (primary N) is 1. The molecule has 1 saturated carbocycles. The van der Waals surface area contributed by atoms with Crippen LogP contribution >= 0.6 is 0 Å². The van der Waals surface area contributed by atoms with E-state index in [1.807, 2.05) is 24.3 Å². The summed E-state index contributed by atoms with van der Waals surface area (Å²) in [5.74, 6) is 1.71. The molecule has 1 aliphatic carbocycles. The van der Waals surface area contributed by atoms with Gasteiger partial charge in [0.1, 0.15) is 0 Å². The van der Waals surface area contributed by atoms with Crippen LogP contribution in [0.3, 0.4) is 0 Å². The average molecular weight is 274 g/mol. The van der Waals surface area contributed by atoms with Crippen molar-refractivity contribution in [3.05, 3.63) is 35.4 Å². The lowest BCUT2D eigenvalue weighted by atomic mass is 9.81. The molecule has 1 aromatic rings. The SMILES string of the molecule is CC1CCC(CCNC(=O)c2ccc(CN)cc2)CC1. The summed E-state index contributed by atoms with van der Waals surface area (Å²) in [6.45, 7) is 3.64. The van der Waals surface area contributed by atoms with Gasteiger partial charge in [-0.1, -0.05) is 44.7 Å². The predicted molar refractivity (Wildman–Crippen MR) is 82.4 cm³/mol. The summed E-state index contributed by atoms with van der Waals surface area (Å²) in [6.07, 6.45) is 6.45. The number of carbonyl (C=O) groups is 1. The monoisotopic (exact) mass is 274 g/mol. The van der Waals surface area contributed by atoms with Crippen LogP contribution in [-0.4, -0.2) is 12.5 Å². The van der Waals surface area contributed by atoms with E-state index in [4.69, 9.17) is 5.73 Å². The van der Waals surface area contributed by atoms with Gasteiger partial charge in [0.15, 0.2) is 0 Å². The summed E-state index contributed by atoms with van der Waals surface area (Å²) in [7, 11) is 0. The first-order valence-electron chi connectivity index (χ1n) is 7.76. The van der Waals surface area contributed by atoms with E-state index in [1.54, 1.807) is 0 Å². The van der Waals surface area contributed by atoms with E-state index in [2.05, 4.69) is 12.2 Å². The van der Waals surface area contributed by atoms with Gasteiger partial charge < -0.3 is 11.1 Å². The largest absolute Gasteiger partial charge is 0.352 e. The molecule has 0 unspecified atom stereocenters. The van der Waals surface area contributed by atoms with Crippen molar-refractivity contribution in [3.8, 4) is 0 Å². The molecule has 20 heavy (non-hydrogen) atoms. The van der Waals surface area contributed by atoms with E-state index < -0.39 is 0 Å². The van der Waals surface area contributed by atoms with Crippen molar-refractivity contribution in [3.63, 3.8) is 0 Å². The average Bonchev–Trinajstić information content (AvgIpc) is 2.49. The van der Waals surface area contributed by atoms with Crippen molar-refractivity contribution in [1.29, 1.82) is 0 Å². The van der Waals surface area contributed by atoms with Crippen LogP contribution in [-0.2, 0) is 6.54 Å². The highest BCUT2D eigenvalue weighted by Crippen LogP contribution is 2.29. The molecule has 0 aromatic heterocycles. The molecular weight excluding hydrogens is 248 g/mol. The Morgan fingerprint density at radius 2 is 1.85 bits per heavy atom. The summed E-state index contributed by atoms with van der Waals surface area (Å²) >= 11 is 0. The quantitative estimate of drug-likeness (QED) is 0.867. The maximum absolute atomic E-state index is 12.0. The Morgan fingerprint density at radius 1 is 1.20 bits per heavy atom. The van der Waals surface area contributed by atoms with Gasteiger partial charge in [0.25, 0.3) is 5.91 Å². The van der Waals surface area contributed by atoms with Crippen molar-refractivity contribution in [2.45, 2.75) is 45.6 Å². The van der Waals surface area contributed by atoms with Crippen LogP contribution in [0.1, 0.15) is 54.9 Å². The standard InChI is InChI=1S/C17H26N2O/c1-13-2-4-14(5-3-13)10-11-19-17(20)16-8-6-15(12-18)7-9-16/h6-9,13-14H,2-5,10-12,18H2,1H3,(H,19,20). The first-order valence-corrected chi connectivity index (χ1v) is 7.76. The Balaban J connectivity index is 1.71. The highest BCUT2D eigenvalue weighted by atomic mass is 16.1. The lowest BCUT2D eigenvalue weighted by molar-refractivity contribution is 0.0949. The van der Waals surface area contributed by atoms with Gasteiger partial charge in [0.05, 0.1) is 0 Å². The molecule has 3 N–H and O–H groups in total. The molecule has 110 valence electrons. The van der Waals surface area contributed by atoms with Gasteiger partial charge in [-0.05, 0) is 36.0 Å². The van der Waals surface area contributed by atoms with E-state index in [1.165, 1.54) is 25.7 Å². The molecule has 0 spiro atoms. The number of hydrogen-bond donors (Lipinski definition) is 2. The Bertz CT molecular complexity index is 419. The van der Waals surface area contributed by atoms with Gasteiger partial charge in [0.2, 0.25) is 0 Å². The number of benzene rings is 1. The molecule has 3 heteroatoms. The molecule has 1 fully saturated rings. The Labute approximate surface area is 121 Å².